The second-order valence-corrected chi connectivity index (χ2v) is 7.09. The monoisotopic (exact) mass is 314 g/mol. The van der Waals surface area contributed by atoms with E-state index >= 15 is 0 Å². The van der Waals surface area contributed by atoms with Gasteiger partial charge in [0.2, 0.25) is 0 Å². The van der Waals surface area contributed by atoms with Gasteiger partial charge in [-0.1, -0.05) is 61.4 Å². The van der Waals surface area contributed by atoms with Gasteiger partial charge in [-0.2, -0.15) is 0 Å². The molecule has 0 spiro atoms. The highest BCUT2D eigenvalue weighted by molar-refractivity contribution is 7.63. The molecule has 2 rings (SSSR count). The average Bonchev–Trinajstić information content (AvgIpc) is 2.53. The Morgan fingerprint density at radius 3 is 2.41 bits per heavy atom. The van der Waals surface area contributed by atoms with Crippen LogP contribution < -0.4 is 0 Å². The van der Waals surface area contributed by atoms with Crippen LogP contribution in [0.2, 0.25) is 0 Å². The van der Waals surface area contributed by atoms with E-state index in [1.165, 1.54) is 0 Å². The van der Waals surface area contributed by atoms with Gasteiger partial charge in [0.1, 0.15) is 0 Å². The largest absolute Gasteiger partial charge is 0.393 e. The van der Waals surface area contributed by atoms with Crippen LogP contribution in [0.25, 0.3) is 11.1 Å². The second kappa shape index (κ2) is 7.42. The molecule has 4 heteroatoms. The molecular weight excluding hydrogens is 295 g/mol. The molecule has 114 valence electrons. The van der Waals surface area contributed by atoms with E-state index in [0.717, 1.165) is 11.1 Å². The van der Waals surface area contributed by atoms with Crippen molar-refractivity contribution in [3.05, 3.63) is 60.2 Å². The van der Waals surface area contributed by atoms with E-state index in [9.17, 15) is 14.6 Å². The van der Waals surface area contributed by atoms with Crippen LogP contribution in [0, 0.1) is 11.6 Å². The van der Waals surface area contributed by atoms with Gasteiger partial charge in [-0.05, 0) is 29.3 Å². The third kappa shape index (κ3) is 4.58. The summed E-state index contributed by atoms with van der Waals surface area (Å²) >= 11 is 0. The van der Waals surface area contributed by atoms with Crippen LogP contribution in [0.5, 0.6) is 0 Å². The molecule has 2 aromatic rings. The van der Waals surface area contributed by atoms with E-state index in [1.807, 2.05) is 54.6 Å². The molecule has 22 heavy (non-hydrogen) atoms. The van der Waals surface area contributed by atoms with Gasteiger partial charge in [0.05, 0.1) is 12.3 Å². The van der Waals surface area contributed by atoms with E-state index < -0.39 is 13.5 Å². The smallest absolute Gasteiger partial charge is 0.274 e. The summed E-state index contributed by atoms with van der Waals surface area (Å²) in [6.07, 6.45) is -0.550. The highest BCUT2D eigenvalue weighted by Gasteiger charge is 2.19. The number of aliphatic hydroxyl groups is 1. The van der Waals surface area contributed by atoms with E-state index in [2.05, 4.69) is 11.6 Å². The molecule has 0 saturated heterocycles. The lowest BCUT2D eigenvalue weighted by molar-refractivity contribution is 0.190. The number of rotatable bonds is 4. The zero-order valence-corrected chi connectivity index (χ0v) is 13.3. The Labute approximate surface area is 131 Å². The number of aliphatic hydroxyl groups excluding tert-OH is 1. The van der Waals surface area contributed by atoms with Crippen molar-refractivity contribution in [1.29, 1.82) is 0 Å². The van der Waals surface area contributed by atoms with Crippen LogP contribution in [-0.4, -0.2) is 22.3 Å². The molecule has 2 atom stereocenters. The first-order valence-corrected chi connectivity index (χ1v) is 9.04. The quantitative estimate of drug-likeness (QED) is 0.668. The molecule has 2 aromatic carbocycles. The molecule has 0 radical (unpaired) electrons. The highest BCUT2D eigenvalue weighted by atomic mass is 31.2. The maximum Gasteiger partial charge on any atom is 0.274 e. The van der Waals surface area contributed by atoms with Crippen molar-refractivity contribution in [2.45, 2.75) is 19.4 Å². The molecule has 0 fully saturated rings. The Hall–Kier alpha value is -1.85. The number of benzene rings is 2. The molecule has 1 unspecified atom stereocenters. The maximum absolute atomic E-state index is 12.0. The van der Waals surface area contributed by atoms with Crippen molar-refractivity contribution in [3.8, 4) is 22.7 Å². The summed E-state index contributed by atoms with van der Waals surface area (Å²) in [5.41, 5.74) is 5.09. The van der Waals surface area contributed by atoms with Crippen molar-refractivity contribution < 1.29 is 14.6 Å². The van der Waals surface area contributed by atoms with E-state index in [1.54, 1.807) is 6.92 Å². The van der Waals surface area contributed by atoms with Crippen molar-refractivity contribution in [1.82, 2.24) is 0 Å². The van der Waals surface area contributed by atoms with Crippen LogP contribution in [0.1, 0.15) is 18.9 Å². The normalized spacial score (nSPS) is 14.5. The molecule has 0 heterocycles. The van der Waals surface area contributed by atoms with Crippen LogP contribution in [0.4, 0.5) is 0 Å². The Bertz CT molecular complexity index is 729. The maximum atomic E-state index is 12.0. The third-order valence-corrected chi connectivity index (χ3v) is 4.68. The van der Waals surface area contributed by atoms with E-state index in [4.69, 9.17) is 0 Å². The van der Waals surface area contributed by atoms with Gasteiger partial charge in [-0.15, -0.1) is 0 Å². The summed E-state index contributed by atoms with van der Waals surface area (Å²) in [6.45, 7) is 1.77. The van der Waals surface area contributed by atoms with Gasteiger partial charge in [-0.25, -0.2) is 0 Å². The van der Waals surface area contributed by atoms with Crippen LogP contribution in [0.15, 0.2) is 54.6 Å². The fourth-order valence-corrected chi connectivity index (χ4v) is 3.29. The van der Waals surface area contributed by atoms with Crippen LogP contribution in [-0.2, 0) is 4.57 Å². The Balaban J connectivity index is 2.33. The highest BCUT2D eigenvalue weighted by Crippen LogP contribution is 2.40. The van der Waals surface area contributed by atoms with Crippen molar-refractivity contribution in [2.75, 3.05) is 6.16 Å². The molecule has 0 amide bonds. The third-order valence-electron chi connectivity index (χ3n) is 3.31. The van der Waals surface area contributed by atoms with Crippen LogP contribution >= 0.6 is 7.37 Å². The predicted molar refractivity (Wildman–Crippen MR) is 89.7 cm³/mol. The fraction of sp³-hybridized carbons (Fsp3) is 0.222. The van der Waals surface area contributed by atoms with E-state index in [0.29, 0.717) is 12.0 Å². The second-order valence-electron chi connectivity index (χ2n) is 5.09. The van der Waals surface area contributed by atoms with Gasteiger partial charge in [0.25, 0.3) is 7.37 Å². The molecule has 2 N–H and O–H groups in total. The molecular formula is C18H19O3P. The summed E-state index contributed by atoms with van der Waals surface area (Å²) < 4.78 is 12.0. The van der Waals surface area contributed by atoms with Gasteiger partial charge in [-0.3, -0.25) is 4.57 Å². The molecule has 0 aromatic heterocycles. The fourth-order valence-electron chi connectivity index (χ4n) is 2.07. The van der Waals surface area contributed by atoms with Crippen molar-refractivity contribution in [2.24, 2.45) is 0 Å². The summed E-state index contributed by atoms with van der Waals surface area (Å²) in [6, 6.07) is 17.3. The van der Waals surface area contributed by atoms with Gasteiger partial charge >= 0.3 is 0 Å². The first-order chi connectivity index (χ1) is 10.5. The zero-order chi connectivity index (χ0) is 16.0. The summed E-state index contributed by atoms with van der Waals surface area (Å²) in [7, 11) is -3.65. The molecule has 0 aliphatic carbocycles. The molecule has 3 nitrogen and oxygen atoms in total. The van der Waals surface area contributed by atoms with Crippen LogP contribution in [0.3, 0.4) is 0 Å². The standard InChI is InChI=1S/C18H19O3P/c1-2-17(19)14-22(20,21)13-12-16-10-6-7-11-18(16)15-8-4-3-5-9-15/h3-11,17,19H,2,14H2,1H3,(H,20,21)/t17-/m0/s1. The summed E-state index contributed by atoms with van der Waals surface area (Å²) in [5, 5.41) is 9.52. The summed E-state index contributed by atoms with van der Waals surface area (Å²) in [5.74, 6) is 2.81. The minimum absolute atomic E-state index is 0.190. The SMILES string of the molecule is CC[C@H](O)CP(=O)(O)C#Cc1ccccc1-c1ccccc1. The topological polar surface area (TPSA) is 57.5 Å². The molecule has 0 saturated carbocycles. The first-order valence-electron chi connectivity index (χ1n) is 7.19. The summed E-state index contributed by atoms with van der Waals surface area (Å²) in [4.78, 5) is 9.86. The molecule has 0 aliphatic rings. The predicted octanol–water partition coefficient (Wildman–Crippen LogP) is 3.70. The zero-order valence-electron chi connectivity index (χ0n) is 12.4. The van der Waals surface area contributed by atoms with Gasteiger partial charge in [0.15, 0.2) is 0 Å². The Kier molecular flexibility index (Phi) is 5.57. The van der Waals surface area contributed by atoms with Crippen molar-refractivity contribution in [3.63, 3.8) is 0 Å². The van der Waals surface area contributed by atoms with Crippen molar-refractivity contribution >= 4 is 7.37 Å². The van der Waals surface area contributed by atoms with E-state index in [-0.39, 0.29) is 6.16 Å². The lowest BCUT2D eigenvalue weighted by Gasteiger charge is -2.09. The number of hydrogen-bond donors (Lipinski definition) is 2. The first kappa shape index (κ1) is 16.5. The Morgan fingerprint density at radius 1 is 1.09 bits per heavy atom. The van der Waals surface area contributed by atoms with Gasteiger partial charge in [0, 0.05) is 5.56 Å². The lowest BCUT2D eigenvalue weighted by Crippen LogP contribution is -2.10. The van der Waals surface area contributed by atoms with Gasteiger partial charge < -0.3 is 10.00 Å². The lowest BCUT2D eigenvalue weighted by atomic mass is 10.0. The Morgan fingerprint density at radius 2 is 1.73 bits per heavy atom. The average molecular weight is 314 g/mol. The molecule has 0 bridgehead atoms. The number of hydrogen-bond acceptors (Lipinski definition) is 2. The molecule has 0 aliphatic heterocycles. The minimum atomic E-state index is -3.65. The minimum Gasteiger partial charge on any atom is -0.393 e.